The van der Waals surface area contributed by atoms with Gasteiger partial charge in [-0.2, -0.15) is 8.78 Å². The minimum Gasteiger partial charge on any atom is -0.748 e. The molecule has 0 radical (unpaired) electrons. The lowest BCUT2D eigenvalue weighted by Gasteiger charge is -2.15. The second-order valence-electron chi connectivity index (χ2n) is 26.3. The molecule has 0 saturated carbocycles. The molecular weight excluding hydrogens is 2010 g/mol. The lowest BCUT2D eigenvalue weighted by atomic mass is 9.98. The Morgan fingerprint density at radius 1 is 0.330 bits per heavy atom. The van der Waals surface area contributed by atoms with Crippen LogP contribution in [0, 0.1) is 51.4 Å². The molecule has 0 aliphatic carbocycles. The van der Waals surface area contributed by atoms with Gasteiger partial charge in [-0.15, -0.1) is 0 Å². The summed E-state index contributed by atoms with van der Waals surface area (Å²) in [5.41, 5.74) is 9.05. The van der Waals surface area contributed by atoms with Crippen LogP contribution in [-0.4, -0.2) is 76.6 Å². The van der Waals surface area contributed by atoms with E-state index in [-0.39, 0.29) is 29.4 Å². The molecule has 4 unspecified atom stereocenters. The third-order valence-electron chi connectivity index (χ3n) is 17.2. The van der Waals surface area contributed by atoms with Crippen LogP contribution in [0.25, 0.3) is 0 Å². The van der Waals surface area contributed by atoms with Crippen molar-refractivity contribution in [3.05, 3.63) is 313 Å². The summed E-state index contributed by atoms with van der Waals surface area (Å²) in [6.45, 7) is 21.9. The Hall–Kier alpha value is -6.32. The summed E-state index contributed by atoms with van der Waals surface area (Å²) < 4.78 is 209. The van der Waals surface area contributed by atoms with Crippen molar-refractivity contribution in [2.45, 2.75) is 161 Å². The summed E-state index contributed by atoms with van der Waals surface area (Å²) in [5, 5.41) is 0. The van der Waals surface area contributed by atoms with E-state index in [4.69, 9.17) is 18.9 Å². The van der Waals surface area contributed by atoms with Gasteiger partial charge in [0.2, 0.25) is 11.6 Å². The Bertz CT molecular complexity index is 4750. The predicted octanol–water partition coefficient (Wildman–Crippen LogP) is 6.53. The number of rotatable bonds is 27. The lowest BCUT2D eigenvalue weighted by molar-refractivity contribution is -0.328. The molecule has 0 spiro atoms. The van der Waals surface area contributed by atoms with Crippen LogP contribution in [0.1, 0.15) is 169 Å². The number of ether oxygens (including phenoxy) is 4. The second kappa shape index (κ2) is 54.0. The smallest absolute Gasteiger partial charge is 0.296 e. The van der Waals surface area contributed by atoms with Gasteiger partial charge in [0.15, 0.2) is 31.7 Å². The minimum atomic E-state index is -5.74. The standard InChI is InChI=1S/C17H16F4O4S.C17H20O4S.C14H22O4S.C13H20O4S.2C7H8I.2C6H6I/c1-3-9(2)11-6-4-10(5-7-11)8-25-16-12(18)14(20)17(26(22,23)24)15(21)13(16)19;1-3-13(2)15-6-4-14(5-7-15)12-21-16-8-10-17(11-9-16)22(18,19)20;1-3-12(2)13-6-8-14(9-7-13)18-10-4-5-11-19(15,16)17;1-3-11(2)12-5-7-13(8-6-12)17-9-4-10-18(14,15)16;2*1-6-2-4-7(8)5-3-6;2*7-6-4-2-1-3-5-6/h4-7,9H,3,8H2,1-2H3,(H,22,23,24);4-11,13H,3,12H2,1-2H3,(H,18,19,20);6-9,12H,3-5,10-11H2,1-2H3,(H,15,16,17);5-8,11H,3-4,9-10H2,1-2H3,(H,14,15,16);2*2-5,8H,1H3;2*1-5,7H/q;;;;4*+1/p-4. The number of unbranched alkanes of at least 4 members (excludes halogenated alkanes) is 1. The fraction of sp³-hybridized carbons (Fsp3) is 0.310. The fourth-order valence-corrected chi connectivity index (χ4v) is 13.3. The normalized spacial score (nSPS) is 12.0. The quantitative estimate of drug-likeness (QED) is 0.0174. The number of hydrogen-bond acceptors (Lipinski definition) is 16. The molecule has 0 heterocycles. The zero-order valence-corrected chi connectivity index (χ0v) is 78.3. The molecule has 0 aliphatic heterocycles. The molecule has 28 heteroatoms. The maximum Gasteiger partial charge on any atom is 0.296 e. The lowest BCUT2D eigenvalue weighted by Crippen LogP contribution is -3.34. The van der Waals surface area contributed by atoms with Gasteiger partial charge in [-0.05, 0) is 213 Å². The monoisotopic (exact) mass is 2110 g/mol. The summed E-state index contributed by atoms with van der Waals surface area (Å²) in [6, 6.07) is 73.8. The molecule has 0 bridgehead atoms. The average Bonchev–Trinajstić information content (AvgIpc) is 0.769. The second-order valence-corrected chi connectivity index (χ2v) is 37.4. The van der Waals surface area contributed by atoms with E-state index in [1.54, 1.807) is 24.3 Å². The molecule has 0 saturated heterocycles. The topological polar surface area (TPSA) is 266 Å². The first kappa shape index (κ1) is 103. The van der Waals surface area contributed by atoms with E-state index < -0.39 is 81.0 Å². The maximum atomic E-state index is 13.8. The Kier molecular flexibility index (Phi) is 48.3. The number of aryl methyl sites for hydroxylation is 2. The number of halogens is 8. The van der Waals surface area contributed by atoms with Crippen LogP contribution in [0.5, 0.6) is 23.0 Å². The van der Waals surface area contributed by atoms with Crippen molar-refractivity contribution in [2.75, 3.05) is 24.7 Å². The molecule has 0 fully saturated rings. The van der Waals surface area contributed by atoms with Crippen molar-refractivity contribution in [1.29, 1.82) is 0 Å². The third kappa shape index (κ3) is 43.3. The summed E-state index contributed by atoms with van der Waals surface area (Å²) in [4.78, 5) is -2.46. The highest BCUT2D eigenvalue weighted by Gasteiger charge is 2.30. The highest BCUT2D eigenvalue weighted by molar-refractivity contribution is 7.86. The van der Waals surface area contributed by atoms with Crippen LogP contribution in [0.2, 0.25) is 0 Å². The first-order valence-electron chi connectivity index (χ1n) is 36.7. The minimum absolute atomic E-state index is 0.221. The molecule has 10 aromatic carbocycles. The SMILES string of the molecule is CCC(C)c1ccc(COc2c(F)c(F)c(S(=O)(=O)[O-])c(F)c2F)cc1.CCC(C)c1ccc(COc2ccc(S(=O)(=O)[O-])cc2)cc1.CCC(C)c1ccc(OCCCCS(=O)(=O)[O-])cc1.CCC(C)c1ccc(OCCCS(=O)(=O)[O-])cc1.Cc1ccc([IH+])cc1.Cc1ccc([IH+])cc1.[IH+]c1ccccc1.[IH+]c1ccccc1. The van der Waals surface area contributed by atoms with Gasteiger partial charge in [0.25, 0.3) is 90.4 Å². The van der Waals surface area contributed by atoms with E-state index >= 15 is 0 Å². The van der Waals surface area contributed by atoms with E-state index in [0.717, 1.165) is 42.6 Å². The van der Waals surface area contributed by atoms with E-state index in [9.17, 15) is 69.4 Å². The summed E-state index contributed by atoms with van der Waals surface area (Å²) in [5.74, 6) is -7.03. The Morgan fingerprint density at radius 3 is 0.904 bits per heavy atom. The maximum absolute atomic E-state index is 13.8. The largest absolute Gasteiger partial charge is 0.748 e. The molecule has 16 nitrogen and oxygen atoms in total. The zero-order valence-electron chi connectivity index (χ0n) is 65.8. The van der Waals surface area contributed by atoms with Gasteiger partial charge in [-0.25, -0.2) is 42.5 Å². The zero-order chi connectivity index (χ0) is 85.9. The van der Waals surface area contributed by atoms with Gasteiger partial charge in [0.05, 0.1) is 38.3 Å². The number of hydrogen-bond donors (Lipinski definition) is 0. The summed E-state index contributed by atoms with van der Waals surface area (Å²) in [7, 11) is -18.4. The molecular formula is C87H102F4I4O16S4. The molecule has 4 atom stereocenters. The van der Waals surface area contributed by atoms with Crippen molar-refractivity contribution in [2.24, 2.45) is 0 Å². The van der Waals surface area contributed by atoms with Gasteiger partial charge in [-0.1, -0.05) is 200 Å². The van der Waals surface area contributed by atoms with Crippen LogP contribution < -0.4 is 109 Å². The van der Waals surface area contributed by atoms with Gasteiger partial charge in [-0.3, -0.25) is 0 Å². The van der Waals surface area contributed by atoms with Crippen LogP contribution >= 0.6 is 0 Å². The molecule has 0 amide bonds. The molecule has 626 valence electrons. The van der Waals surface area contributed by atoms with E-state index in [2.05, 4.69) is 140 Å². The van der Waals surface area contributed by atoms with Gasteiger partial charge in [0, 0.05) is 11.5 Å². The Morgan fingerprint density at radius 2 is 0.617 bits per heavy atom. The van der Waals surface area contributed by atoms with Crippen LogP contribution in [0.3, 0.4) is 0 Å². The molecule has 10 aromatic rings. The van der Waals surface area contributed by atoms with Crippen molar-refractivity contribution in [3.63, 3.8) is 0 Å². The summed E-state index contributed by atoms with van der Waals surface area (Å²) in [6.07, 6.45) is 5.33. The van der Waals surface area contributed by atoms with Crippen molar-refractivity contribution < 1.29 is 179 Å². The van der Waals surface area contributed by atoms with Crippen LogP contribution in [0.15, 0.2) is 240 Å². The highest BCUT2D eigenvalue weighted by atomic mass is 127. The van der Waals surface area contributed by atoms with E-state index in [1.165, 1.54) is 66.4 Å². The van der Waals surface area contributed by atoms with Gasteiger partial charge < -0.3 is 37.2 Å². The predicted molar refractivity (Wildman–Crippen MR) is 427 cm³/mol. The number of benzene rings is 10. The highest BCUT2D eigenvalue weighted by Crippen LogP contribution is 2.34. The van der Waals surface area contributed by atoms with Crippen molar-refractivity contribution in [1.82, 2.24) is 0 Å². The van der Waals surface area contributed by atoms with E-state index in [1.807, 2.05) is 201 Å². The fourth-order valence-electron chi connectivity index (χ4n) is 9.49. The molecule has 0 aromatic heterocycles. The Labute approximate surface area is 733 Å². The van der Waals surface area contributed by atoms with Crippen molar-refractivity contribution in [3.8, 4) is 23.0 Å². The average molecular weight is 2120 g/mol. The first-order chi connectivity index (χ1) is 54.2. The summed E-state index contributed by atoms with van der Waals surface area (Å²) >= 11 is 8.10. The molecule has 0 N–H and O–H groups in total. The first-order valence-corrected chi connectivity index (χ1v) is 47.4. The molecule has 10 rings (SSSR count). The van der Waals surface area contributed by atoms with Gasteiger partial charge >= 0.3 is 0 Å². The third-order valence-corrected chi connectivity index (χ3v) is 23.6. The molecule has 115 heavy (non-hydrogen) atoms. The van der Waals surface area contributed by atoms with Crippen LogP contribution in [-0.2, 0) is 53.7 Å². The van der Waals surface area contributed by atoms with Crippen molar-refractivity contribution >= 4 is 40.5 Å². The van der Waals surface area contributed by atoms with Crippen LogP contribution in [0.4, 0.5) is 17.6 Å². The van der Waals surface area contributed by atoms with Gasteiger partial charge in [0.1, 0.15) is 55.6 Å². The Balaban J connectivity index is 0.000000355. The van der Waals surface area contributed by atoms with E-state index in [0.29, 0.717) is 66.8 Å². The molecule has 0 aliphatic rings.